The molecule has 2 aliphatic carbocycles. The van der Waals surface area contributed by atoms with Gasteiger partial charge >= 0.3 is 0 Å². The number of hydrogen-bond donors (Lipinski definition) is 0. The summed E-state index contributed by atoms with van der Waals surface area (Å²) in [5, 5.41) is 15.6. The Morgan fingerprint density at radius 2 is 1.22 bits per heavy atom. The fourth-order valence-corrected chi connectivity index (χ4v) is 23.6. The average molecular weight is 867 g/mol. The fourth-order valence-electron chi connectivity index (χ4n) is 14.4. The Labute approximate surface area is 383 Å². The third kappa shape index (κ3) is 4.54. The minimum atomic E-state index is -2.29. The first-order valence-corrected chi connectivity index (χ1v) is 29.1. The molecule has 9 aromatic rings. The number of allylic oxidation sites excluding steroid dienone is 4. The van der Waals surface area contributed by atoms with Gasteiger partial charge in [-0.1, -0.05) is 190 Å². The lowest BCUT2D eigenvalue weighted by atomic mass is 9.73. The molecule has 0 bridgehead atoms. The molecular formula is C61H50N2Si2. The molecule has 2 nitrogen and oxygen atoms in total. The van der Waals surface area contributed by atoms with Crippen molar-refractivity contribution < 1.29 is 0 Å². The monoisotopic (exact) mass is 866 g/mol. The summed E-state index contributed by atoms with van der Waals surface area (Å²) in [6.07, 6.45) is 10.9. The maximum atomic E-state index is 2.80. The first kappa shape index (κ1) is 37.6. The van der Waals surface area contributed by atoms with Crippen LogP contribution in [0.1, 0.15) is 31.4 Å². The number of benzene rings is 9. The maximum Gasteiger partial charge on any atom is 0.152 e. The van der Waals surface area contributed by atoms with E-state index in [9.17, 15) is 0 Å². The second-order valence-electron chi connectivity index (χ2n) is 20.5. The third-order valence-electron chi connectivity index (χ3n) is 17.0. The minimum absolute atomic E-state index is 0.0865. The first-order chi connectivity index (χ1) is 31.7. The molecular weight excluding hydrogens is 817 g/mol. The zero-order chi connectivity index (χ0) is 43.6. The standard InChI is InChI=1S/C61H50N2Si2/c1-60-37-18-28-52(59(60)64(3,4)54-30-15-12-25-47(54)60)63(39-19-7-6-8-20-39)61(2)38-36-44-41-22-10-9-21-40(41)43-33-35-49(46-32-34-48(61)57(44)56(43)46)62-50-26-13-16-31-55(50)65(5)53-29-14-11-23-42(53)45-24-17-27-51(62)58(45)65/h6-37,59H,38H2,1-5H3. The maximum absolute atomic E-state index is 2.80. The lowest BCUT2D eigenvalue weighted by Gasteiger charge is -2.52. The van der Waals surface area contributed by atoms with E-state index >= 15 is 0 Å². The van der Waals surface area contributed by atoms with Gasteiger partial charge in [-0.3, -0.25) is 0 Å². The lowest BCUT2D eigenvalue weighted by molar-refractivity contribution is 0.456. The van der Waals surface area contributed by atoms with Crippen molar-refractivity contribution in [1.29, 1.82) is 0 Å². The highest BCUT2D eigenvalue weighted by atomic mass is 28.3. The van der Waals surface area contributed by atoms with E-state index in [1.54, 1.807) is 10.4 Å². The predicted octanol–water partition coefficient (Wildman–Crippen LogP) is 12.3. The SMILES string of the molecule is CC12C=CC=C(N(c3ccccc3)C3(C)CC=c4c5ccccc5c5ccc(N6c7ccccc7[Si]7(C)c8ccccc8-c8cccc6c87)c6ccc3c4c65)C1[Si](C)(C)c1ccccc12. The number of fused-ring (bicyclic) bond motifs is 11. The quantitative estimate of drug-likeness (QED) is 0.0988. The van der Waals surface area contributed by atoms with Crippen LogP contribution in [0, 0.1) is 0 Å². The highest BCUT2D eigenvalue weighted by Crippen LogP contribution is 2.59. The molecule has 14 rings (SSSR count). The van der Waals surface area contributed by atoms with Crippen molar-refractivity contribution >= 4 is 98.0 Å². The third-order valence-corrected chi connectivity index (χ3v) is 25.7. The summed E-state index contributed by atoms with van der Waals surface area (Å²) in [7, 11) is -4.33. The van der Waals surface area contributed by atoms with Crippen LogP contribution >= 0.6 is 0 Å². The van der Waals surface area contributed by atoms with E-state index in [1.807, 2.05) is 0 Å². The smallest absolute Gasteiger partial charge is 0.152 e. The molecule has 312 valence electrons. The highest BCUT2D eigenvalue weighted by Gasteiger charge is 2.58. The van der Waals surface area contributed by atoms with Crippen molar-refractivity contribution in [3.8, 4) is 11.1 Å². The molecule has 65 heavy (non-hydrogen) atoms. The van der Waals surface area contributed by atoms with E-state index in [4.69, 9.17) is 0 Å². The van der Waals surface area contributed by atoms with Crippen LogP contribution in [0.25, 0.3) is 49.5 Å². The van der Waals surface area contributed by atoms with E-state index < -0.39 is 16.1 Å². The number of anilines is 4. The Hall–Kier alpha value is -6.73. The van der Waals surface area contributed by atoms with Gasteiger partial charge in [0, 0.05) is 39.1 Å². The highest BCUT2D eigenvalue weighted by molar-refractivity contribution is 7.15. The zero-order valence-electron chi connectivity index (χ0n) is 37.7. The van der Waals surface area contributed by atoms with Crippen molar-refractivity contribution in [3.63, 3.8) is 0 Å². The summed E-state index contributed by atoms with van der Waals surface area (Å²) >= 11 is 0. The van der Waals surface area contributed by atoms with Gasteiger partial charge in [0.1, 0.15) is 0 Å². The van der Waals surface area contributed by atoms with Crippen molar-refractivity contribution in [3.05, 3.63) is 210 Å². The second-order valence-corrected chi connectivity index (χ2v) is 28.9. The Morgan fingerprint density at radius 3 is 2.06 bits per heavy atom. The van der Waals surface area contributed by atoms with Gasteiger partial charge in [-0.2, -0.15) is 0 Å². The molecule has 0 saturated heterocycles. The van der Waals surface area contributed by atoms with Crippen LogP contribution in [-0.4, -0.2) is 16.1 Å². The molecule has 0 aromatic heterocycles. The van der Waals surface area contributed by atoms with Crippen LogP contribution in [0.4, 0.5) is 22.7 Å². The van der Waals surface area contributed by atoms with Gasteiger partial charge in [0.05, 0.1) is 19.3 Å². The summed E-state index contributed by atoms with van der Waals surface area (Å²) < 4.78 is 0. The Kier molecular flexibility index (Phi) is 7.38. The van der Waals surface area contributed by atoms with Gasteiger partial charge in [-0.15, -0.1) is 0 Å². The molecule has 4 atom stereocenters. The van der Waals surface area contributed by atoms with Crippen LogP contribution < -0.4 is 35.8 Å². The van der Waals surface area contributed by atoms with Crippen molar-refractivity contribution in [1.82, 2.24) is 0 Å². The molecule has 4 unspecified atom stereocenters. The van der Waals surface area contributed by atoms with Crippen molar-refractivity contribution in [2.45, 2.75) is 56.4 Å². The summed E-state index contributed by atoms with van der Waals surface area (Å²) in [4.78, 5) is 5.43. The van der Waals surface area contributed by atoms with E-state index in [-0.39, 0.29) is 11.0 Å². The summed E-state index contributed by atoms with van der Waals surface area (Å²) in [6, 6.07) is 65.4. The second kappa shape index (κ2) is 12.7. The van der Waals surface area contributed by atoms with Crippen LogP contribution in [-0.2, 0) is 11.0 Å². The van der Waals surface area contributed by atoms with Gasteiger partial charge in [0.15, 0.2) is 8.07 Å². The van der Waals surface area contributed by atoms with E-state index in [0.29, 0.717) is 5.54 Å². The van der Waals surface area contributed by atoms with E-state index in [0.717, 1.165) is 6.42 Å². The number of hydrogen-bond acceptors (Lipinski definition) is 2. The molecule has 0 amide bonds. The number of nitrogens with zero attached hydrogens (tertiary/aromatic N) is 2. The molecule has 3 heterocycles. The van der Waals surface area contributed by atoms with Gasteiger partial charge in [0.25, 0.3) is 0 Å². The summed E-state index contributed by atoms with van der Waals surface area (Å²) in [6.45, 7) is 12.9. The van der Waals surface area contributed by atoms with Gasteiger partial charge in [-0.05, 0) is 120 Å². The van der Waals surface area contributed by atoms with Crippen molar-refractivity contribution in [2.24, 2.45) is 0 Å². The van der Waals surface area contributed by atoms with Crippen LogP contribution in [0.5, 0.6) is 0 Å². The topological polar surface area (TPSA) is 6.48 Å². The van der Waals surface area contributed by atoms with Gasteiger partial charge in [0.2, 0.25) is 0 Å². The lowest BCUT2D eigenvalue weighted by Crippen LogP contribution is -2.66. The molecule has 0 radical (unpaired) electrons. The van der Waals surface area contributed by atoms with Gasteiger partial charge < -0.3 is 9.80 Å². The summed E-state index contributed by atoms with van der Waals surface area (Å²) in [5.74, 6) is 0. The summed E-state index contributed by atoms with van der Waals surface area (Å²) in [5.41, 5.74) is 12.2. The Morgan fingerprint density at radius 1 is 0.538 bits per heavy atom. The molecule has 9 aromatic carbocycles. The molecule has 0 saturated carbocycles. The normalized spacial score (nSPS) is 23.7. The molecule has 0 N–H and O–H groups in total. The van der Waals surface area contributed by atoms with Crippen LogP contribution in [0.15, 0.2) is 194 Å². The molecule has 0 spiro atoms. The van der Waals surface area contributed by atoms with Crippen LogP contribution in [0.2, 0.25) is 25.2 Å². The van der Waals surface area contributed by atoms with Crippen LogP contribution in [0.3, 0.4) is 0 Å². The fraction of sp³-hybridized carbons (Fsp3) is 0.148. The average Bonchev–Trinajstić information content (AvgIpc) is 3.71. The van der Waals surface area contributed by atoms with Gasteiger partial charge in [-0.25, -0.2) is 0 Å². The molecule has 5 aliphatic rings. The molecule has 3 aliphatic heterocycles. The predicted molar refractivity (Wildman–Crippen MR) is 282 cm³/mol. The molecule has 0 fully saturated rings. The van der Waals surface area contributed by atoms with E-state index in [1.165, 1.54) is 98.6 Å². The minimum Gasteiger partial charge on any atom is -0.335 e. The number of para-hydroxylation sites is 2. The zero-order valence-corrected chi connectivity index (χ0v) is 39.7. The Balaban J connectivity index is 1.04. The Bertz CT molecular complexity index is 3700. The molecule has 4 heteroatoms. The first-order valence-electron chi connectivity index (χ1n) is 23.5. The largest absolute Gasteiger partial charge is 0.335 e. The van der Waals surface area contributed by atoms with E-state index in [2.05, 4.69) is 237 Å². The van der Waals surface area contributed by atoms with Crippen molar-refractivity contribution in [2.75, 3.05) is 9.80 Å². The number of rotatable bonds is 4.